The van der Waals surface area contributed by atoms with Gasteiger partial charge in [-0.1, -0.05) is 46.4 Å². The van der Waals surface area contributed by atoms with Crippen molar-refractivity contribution in [1.82, 2.24) is 0 Å². The number of anilines is 2. The van der Waals surface area contributed by atoms with Crippen molar-refractivity contribution in [2.45, 2.75) is 6.42 Å². The molecule has 1 aliphatic heterocycles. The summed E-state index contributed by atoms with van der Waals surface area (Å²) in [5.41, 5.74) is 0.988. The van der Waals surface area contributed by atoms with Crippen molar-refractivity contribution in [1.29, 1.82) is 0 Å². The van der Waals surface area contributed by atoms with E-state index in [1.807, 2.05) is 0 Å². The van der Waals surface area contributed by atoms with Gasteiger partial charge in [-0.3, -0.25) is 9.59 Å². The van der Waals surface area contributed by atoms with Gasteiger partial charge < -0.3 is 10.2 Å². The predicted molar refractivity (Wildman–Crippen MR) is 102 cm³/mol. The number of amides is 2. The van der Waals surface area contributed by atoms with Gasteiger partial charge in [-0.05, 0) is 36.4 Å². The normalized spacial score (nSPS) is 17.0. The van der Waals surface area contributed by atoms with Crippen LogP contribution in [0.15, 0.2) is 36.4 Å². The maximum Gasteiger partial charge on any atom is 0.229 e. The first-order chi connectivity index (χ1) is 11.8. The van der Waals surface area contributed by atoms with E-state index >= 15 is 0 Å². The molecule has 2 aromatic carbocycles. The third kappa shape index (κ3) is 4.04. The van der Waals surface area contributed by atoms with Crippen LogP contribution in [0.2, 0.25) is 20.1 Å². The van der Waals surface area contributed by atoms with E-state index in [0.29, 0.717) is 15.7 Å². The number of benzene rings is 2. The van der Waals surface area contributed by atoms with Gasteiger partial charge in [0.2, 0.25) is 11.8 Å². The molecule has 130 valence electrons. The molecular weight excluding hydrogens is 406 g/mol. The van der Waals surface area contributed by atoms with E-state index in [4.69, 9.17) is 46.4 Å². The van der Waals surface area contributed by atoms with Crippen LogP contribution in [0.25, 0.3) is 0 Å². The minimum Gasteiger partial charge on any atom is -0.323 e. The van der Waals surface area contributed by atoms with Crippen LogP contribution in [0.5, 0.6) is 0 Å². The lowest BCUT2D eigenvalue weighted by molar-refractivity contribution is -0.122. The summed E-state index contributed by atoms with van der Waals surface area (Å²) in [6, 6.07) is 9.87. The molecule has 0 aromatic heterocycles. The average molecular weight is 418 g/mol. The molecule has 1 N–H and O–H groups in total. The summed E-state index contributed by atoms with van der Waals surface area (Å²) in [7, 11) is 0. The first kappa shape index (κ1) is 18.3. The topological polar surface area (TPSA) is 49.4 Å². The first-order valence-corrected chi connectivity index (χ1v) is 8.87. The Labute approximate surface area is 164 Å². The minimum absolute atomic E-state index is 0.108. The lowest BCUT2D eigenvalue weighted by atomic mass is 10.1. The number of carbonyl (C=O) groups excluding carboxylic acids is 2. The molecule has 0 spiro atoms. The van der Waals surface area contributed by atoms with Crippen LogP contribution in [0.1, 0.15) is 6.42 Å². The van der Waals surface area contributed by atoms with Gasteiger partial charge in [0.05, 0.1) is 21.7 Å². The van der Waals surface area contributed by atoms with Crippen molar-refractivity contribution >= 4 is 69.6 Å². The highest BCUT2D eigenvalue weighted by Gasteiger charge is 2.35. The van der Waals surface area contributed by atoms with E-state index in [-0.39, 0.29) is 40.5 Å². The summed E-state index contributed by atoms with van der Waals surface area (Å²) in [5.74, 6) is -0.960. The molecule has 2 amide bonds. The van der Waals surface area contributed by atoms with Gasteiger partial charge in [0, 0.05) is 28.7 Å². The lowest BCUT2D eigenvalue weighted by Gasteiger charge is -2.17. The van der Waals surface area contributed by atoms with Crippen LogP contribution in [-0.4, -0.2) is 18.4 Å². The molecule has 1 aliphatic rings. The van der Waals surface area contributed by atoms with Crippen LogP contribution < -0.4 is 10.2 Å². The van der Waals surface area contributed by atoms with Crippen LogP contribution in [-0.2, 0) is 9.59 Å². The zero-order chi connectivity index (χ0) is 18.1. The van der Waals surface area contributed by atoms with E-state index in [1.165, 1.54) is 12.1 Å². The van der Waals surface area contributed by atoms with Crippen molar-refractivity contribution in [3.63, 3.8) is 0 Å². The summed E-state index contributed by atoms with van der Waals surface area (Å²) in [6.07, 6.45) is 0.108. The summed E-state index contributed by atoms with van der Waals surface area (Å²) in [5, 5.41) is 4.12. The molecule has 0 bridgehead atoms. The van der Waals surface area contributed by atoms with Gasteiger partial charge in [0.1, 0.15) is 0 Å². The van der Waals surface area contributed by atoms with Gasteiger partial charge in [0.15, 0.2) is 0 Å². The molecule has 1 atom stereocenters. The highest BCUT2D eigenvalue weighted by Crippen LogP contribution is 2.35. The zero-order valence-electron chi connectivity index (χ0n) is 12.7. The summed E-state index contributed by atoms with van der Waals surface area (Å²) >= 11 is 23.9. The first-order valence-electron chi connectivity index (χ1n) is 7.36. The molecule has 25 heavy (non-hydrogen) atoms. The Hall–Kier alpha value is -1.46. The number of nitrogens with one attached hydrogen (secondary N) is 1. The number of carbonyl (C=O) groups is 2. The monoisotopic (exact) mass is 416 g/mol. The van der Waals surface area contributed by atoms with Gasteiger partial charge in [-0.2, -0.15) is 0 Å². The van der Waals surface area contributed by atoms with Gasteiger partial charge in [-0.25, -0.2) is 0 Å². The molecule has 0 aliphatic carbocycles. The van der Waals surface area contributed by atoms with Gasteiger partial charge >= 0.3 is 0 Å². The third-order valence-corrected chi connectivity index (χ3v) is 4.96. The molecule has 0 radical (unpaired) electrons. The number of rotatable bonds is 3. The molecule has 1 saturated heterocycles. The van der Waals surface area contributed by atoms with E-state index < -0.39 is 5.92 Å². The third-order valence-electron chi connectivity index (χ3n) is 3.89. The van der Waals surface area contributed by atoms with Gasteiger partial charge in [0.25, 0.3) is 0 Å². The minimum atomic E-state index is -0.508. The molecular formula is C17H12Cl4N2O2. The average Bonchev–Trinajstić information content (AvgIpc) is 2.93. The van der Waals surface area contributed by atoms with Crippen LogP contribution in [0.4, 0.5) is 11.4 Å². The van der Waals surface area contributed by atoms with E-state index in [1.54, 1.807) is 29.2 Å². The van der Waals surface area contributed by atoms with Crippen LogP contribution >= 0.6 is 46.4 Å². The van der Waals surface area contributed by atoms with Crippen molar-refractivity contribution in [3.05, 3.63) is 56.5 Å². The molecule has 2 aromatic rings. The fourth-order valence-corrected chi connectivity index (χ4v) is 3.68. The lowest BCUT2D eigenvalue weighted by Crippen LogP contribution is -2.28. The SMILES string of the molecule is O=C(Nc1c(Cl)cc(Cl)cc1Cl)C1CC(=O)N(c2ccc(Cl)cc2)C1. The summed E-state index contributed by atoms with van der Waals surface area (Å²) in [6.45, 7) is 0.273. The Kier molecular flexibility index (Phi) is 5.44. The molecule has 8 heteroatoms. The number of hydrogen-bond donors (Lipinski definition) is 1. The summed E-state index contributed by atoms with van der Waals surface area (Å²) < 4.78 is 0. The molecule has 1 heterocycles. The second-order valence-electron chi connectivity index (χ2n) is 5.62. The predicted octanol–water partition coefficient (Wildman–Crippen LogP) is 5.29. The standard InChI is InChI=1S/C17H12Cl4N2O2/c18-10-1-3-12(4-2-10)23-8-9(5-15(23)24)17(25)22-16-13(20)6-11(19)7-14(16)21/h1-4,6-7,9H,5,8H2,(H,22,25). The fourth-order valence-electron chi connectivity index (χ4n) is 2.64. The molecule has 4 nitrogen and oxygen atoms in total. The Balaban J connectivity index is 1.74. The number of nitrogens with zero attached hydrogens (tertiary/aromatic N) is 1. The Morgan fingerprint density at radius 3 is 2.20 bits per heavy atom. The highest BCUT2D eigenvalue weighted by molar-refractivity contribution is 6.42. The Bertz CT molecular complexity index is 816. The fraction of sp³-hybridized carbons (Fsp3) is 0.176. The van der Waals surface area contributed by atoms with Crippen molar-refractivity contribution < 1.29 is 9.59 Å². The van der Waals surface area contributed by atoms with Crippen LogP contribution in [0, 0.1) is 5.92 Å². The molecule has 1 fully saturated rings. The molecule has 1 unspecified atom stereocenters. The Morgan fingerprint density at radius 1 is 1.00 bits per heavy atom. The second-order valence-corrected chi connectivity index (χ2v) is 7.30. The Morgan fingerprint density at radius 2 is 1.60 bits per heavy atom. The summed E-state index contributed by atoms with van der Waals surface area (Å²) in [4.78, 5) is 26.3. The highest BCUT2D eigenvalue weighted by atomic mass is 35.5. The van der Waals surface area contributed by atoms with E-state index in [9.17, 15) is 9.59 Å². The van der Waals surface area contributed by atoms with Crippen molar-refractivity contribution in [2.75, 3.05) is 16.8 Å². The zero-order valence-corrected chi connectivity index (χ0v) is 15.8. The number of hydrogen-bond acceptors (Lipinski definition) is 2. The maximum atomic E-state index is 12.5. The second kappa shape index (κ2) is 7.42. The smallest absolute Gasteiger partial charge is 0.229 e. The van der Waals surface area contributed by atoms with E-state index in [0.717, 1.165) is 0 Å². The largest absolute Gasteiger partial charge is 0.323 e. The van der Waals surface area contributed by atoms with Gasteiger partial charge in [-0.15, -0.1) is 0 Å². The number of halogens is 4. The molecule has 3 rings (SSSR count). The molecule has 0 saturated carbocycles. The quantitative estimate of drug-likeness (QED) is 0.737. The van der Waals surface area contributed by atoms with Crippen LogP contribution in [0.3, 0.4) is 0 Å². The van der Waals surface area contributed by atoms with Crippen molar-refractivity contribution in [3.8, 4) is 0 Å². The maximum absolute atomic E-state index is 12.5. The van der Waals surface area contributed by atoms with E-state index in [2.05, 4.69) is 5.32 Å². The van der Waals surface area contributed by atoms with Crippen molar-refractivity contribution in [2.24, 2.45) is 5.92 Å².